The van der Waals surface area contributed by atoms with Crippen molar-refractivity contribution in [1.29, 1.82) is 0 Å². The zero-order valence-electron chi connectivity index (χ0n) is 12.8. The predicted octanol–water partition coefficient (Wildman–Crippen LogP) is 3.71. The smallest absolute Gasteiger partial charge is 0.128 e. The normalized spacial score (nSPS) is 16.0. The van der Waals surface area contributed by atoms with Crippen LogP contribution in [0.4, 0.5) is 10.2 Å². The van der Waals surface area contributed by atoms with Crippen molar-refractivity contribution in [3.05, 3.63) is 59.5 Å². The molecule has 0 N–H and O–H groups in total. The first-order valence-corrected chi connectivity index (χ1v) is 7.76. The number of aryl methyl sites for hydroxylation is 1. The van der Waals surface area contributed by atoms with Gasteiger partial charge in [-0.25, -0.2) is 9.37 Å². The Morgan fingerprint density at radius 2 is 1.91 bits per heavy atom. The number of piperidine rings is 1. The van der Waals surface area contributed by atoms with Crippen LogP contribution >= 0.6 is 0 Å². The summed E-state index contributed by atoms with van der Waals surface area (Å²) in [5.74, 6) is 0.844. The third kappa shape index (κ3) is 3.63. The van der Waals surface area contributed by atoms with Crippen molar-refractivity contribution in [3.63, 3.8) is 0 Å². The van der Waals surface area contributed by atoms with Gasteiger partial charge >= 0.3 is 0 Å². The molecule has 1 saturated heterocycles. The molecule has 0 aliphatic carbocycles. The van der Waals surface area contributed by atoms with E-state index in [0.717, 1.165) is 37.4 Å². The molecule has 0 atom stereocenters. The van der Waals surface area contributed by atoms with Crippen LogP contribution < -0.4 is 4.90 Å². The fourth-order valence-corrected chi connectivity index (χ4v) is 2.78. The molecule has 116 valence electrons. The van der Waals surface area contributed by atoms with Gasteiger partial charge in [-0.1, -0.05) is 24.3 Å². The van der Waals surface area contributed by atoms with E-state index in [1.165, 1.54) is 6.07 Å². The minimum atomic E-state index is -0.191. The first-order chi connectivity index (χ1) is 10.7. The molecular weight excluding hydrogens is 279 g/mol. The summed E-state index contributed by atoms with van der Waals surface area (Å²) in [4.78, 5) is 6.85. The first kappa shape index (κ1) is 15.0. The van der Waals surface area contributed by atoms with Gasteiger partial charge in [-0.05, 0) is 38.0 Å². The van der Waals surface area contributed by atoms with E-state index in [4.69, 9.17) is 4.74 Å². The van der Waals surface area contributed by atoms with Gasteiger partial charge in [0.05, 0.1) is 12.7 Å². The van der Waals surface area contributed by atoms with Gasteiger partial charge in [0, 0.05) is 24.3 Å². The maximum atomic E-state index is 13.6. The number of anilines is 1. The van der Waals surface area contributed by atoms with Crippen LogP contribution in [-0.4, -0.2) is 24.2 Å². The van der Waals surface area contributed by atoms with Crippen LogP contribution in [0.25, 0.3) is 0 Å². The molecule has 0 radical (unpaired) electrons. The summed E-state index contributed by atoms with van der Waals surface area (Å²) in [6.07, 6.45) is 2.09. The Kier molecular flexibility index (Phi) is 4.68. The topological polar surface area (TPSA) is 25.4 Å². The van der Waals surface area contributed by atoms with Crippen LogP contribution in [0.3, 0.4) is 0 Å². The van der Waals surface area contributed by atoms with Crippen molar-refractivity contribution in [3.8, 4) is 0 Å². The predicted molar refractivity (Wildman–Crippen MR) is 85.4 cm³/mol. The van der Waals surface area contributed by atoms with Gasteiger partial charge in [0.25, 0.3) is 0 Å². The number of hydrogen-bond donors (Lipinski definition) is 0. The molecule has 1 aliphatic rings. The highest BCUT2D eigenvalue weighted by Crippen LogP contribution is 2.21. The number of benzene rings is 1. The van der Waals surface area contributed by atoms with E-state index in [2.05, 4.69) is 9.88 Å². The molecule has 1 aliphatic heterocycles. The van der Waals surface area contributed by atoms with Crippen LogP contribution in [-0.2, 0) is 11.3 Å². The molecule has 3 rings (SSSR count). The van der Waals surface area contributed by atoms with Gasteiger partial charge in [-0.2, -0.15) is 0 Å². The average Bonchev–Trinajstić information content (AvgIpc) is 2.55. The highest BCUT2D eigenvalue weighted by atomic mass is 19.1. The van der Waals surface area contributed by atoms with Crippen molar-refractivity contribution < 1.29 is 9.13 Å². The lowest BCUT2D eigenvalue weighted by Crippen LogP contribution is -2.37. The van der Waals surface area contributed by atoms with Crippen molar-refractivity contribution in [2.45, 2.75) is 32.5 Å². The molecule has 0 unspecified atom stereocenters. The molecule has 1 fully saturated rings. The molecule has 0 bridgehead atoms. The lowest BCUT2D eigenvalue weighted by atomic mass is 10.1. The number of pyridine rings is 1. The first-order valence-electron chi connectivity index (χ1n) is 7.76. The van der Waals surface area contributed by atoms with Gasteiger partial charge in [0.2, 0.25) is 0 Å². The van der Waals surface area contributed by atoms with E-state index in [0.29, 0.717) is 12.2 Å². The number of halogens is 1. The van der Waals surface area contributed by atoms with Crippen molar-refractivity contribution in [2.24, 2.45) is 0 Å². The molecule has 1 aromatic carbocycles. The van der Waals surface area contributed by atoms with E-state index in [1.807, 2.05) is 31.2 Å². The van der Waals surface area contributed by atoms with E-state index >= 15 is 0 Å². The Morgan fingerprint density at radius 1 is 1.14 bits per heavy atom. The largest absolute Gasteiger partial charge is 0.373 e. The van der Waals surface area contributed by atoms with Gasteiger partial charge in [0.1, 0.15) is 11.6 Å². The van der Waals surface area contributed by atoms with Crippen molar-refractivity contribution in [2.75, 3.05) is 18.0 Å². The monoisotopic (exact) mass is 300 g/mol. The third-order valence-corrected chi connectivity index (χ3v) is 4.07. The second kappa shape index (κ2) is 6.88. The molecule has 1 aromatic heterocycles. The molecule has 2 aromatic rings. The van der Waals surface area contributed by atoms with Crippen molar-refractivity contribution >= 4 is 5.82 Å². The Morgan fingerprint density at radius 3 is 2.64 bits per heavy atom. The average molecular weight is 300 g/mol. The molecule has 0 spiro atoms. The van der Waals surface area contributed by atoms with E-state index in [9.17, 15) is 4.39 Å². The lowest BCUT2D eigenvalue weighted by molar-refractivity contribution is 0.0237. The number of rotatable bonds is 4. The molecule has 2 heterocycles. The Hall–Kier alpha value is -1.94. The Labute approximate surface area is 130 Å². The highest BCUT2D eigenvalue weighted by molar-refractivity contribution is 5.39. The van der Waals surface area contributed by atoms with Crippen LogP contribution in [0.15, 0.2) is 42.5 Å². The zero-order valence-corrected chi connectivity index (χ0v) is 12.8. The van der Waals surface area contributed by atoms with Gasteiger partial charge in [-0.3, -0.25) is 0 Å². The molecule has 22 heavy (non-hydrogen) atoms. The minimum Gasteiger partial charge on any atom is -0.373 e. The Balaban J connectivity index is 1.51. The number of aromatic nitrogens is 1. The summed E-state index contributed by atoms with van der Waals surface area (Å²) in [5.41, 5.74) is 1.67. The maximum Gasteiger partial charge on any atom is 0.128 e. The quantitative estimate of drug-likeness (QED) is 0.860. The van der Waals surface area contributed by atoms with Gasteiger partial charge in [0.15, 0.2) is 0 Å². The number of hydrogen-bond acceptors (Lipinski definition) is 3. The molecule has 0 amide bonds. The summed E-state index contributed by atoms with van der Waals surface area (Å²) in [6.45, 7) is 4.21. The summed E-state index contributed by atoms with van der Waals surface area (Å²) < 4.78 is 19.4. The molecule has 3 nitrogen and oxygen atoms in total. The zero-order chi connectivity index (χ0) is 15.4. The fourth-order valence-electron chi connectivity index (χ4n) is 2.78. The van der Waals surface area contributed by atoms with E-state index < -0.39 is 0 Å². The number of nitrogens with zero attached hydrogens (tertiary/aromatic N) is 2. The summed E-state index contributed by atoms with van der Waals surface area (Å²) >= 11 is 0. The SMILES string of the molecule is Cc1cccc(N2CCC(OCc3ccccc3F)CC2)n1. The second-order valence-electron chi connectivity index (χ2n) is 5.73. The summed E-state index contributed by atoms with van der Waals surface area (Å²) in [6, 6.07) is 12.9. The summed E-state index contributed by atoms with van der Waals surface area (Å²) in [7, 11) is 0. The van der Waals surface area contributed by atoms with E-state index in [-0.39, 0.29) is 11.9 Å². The lowest BCUT2D eigenvalue weighted by Gasteiger charge is -2.32. The second-order valence-corrected chi connectivity index (χ2v) is 5.73. The van der Waals surface area contributed by atoms with E-state index in [1.54, 1.807) is 12.1 Å². The highest BCUT2D eigenvalue weighted by Gasteiger charge is 2.21. The Bertz CT molecular complexity index is 624. The van der Waals surface area contributed by atoms with Gasteiger partial charge in [-0.15, -0.1) is 0 Å². The maximum absolute atomic E-state index is 13.6. The molecule has 4 heteroatoms. The van der Waals surface area contributed by atoms with Crippen LogP contribution in [0.2, 0.25) is 0 Å². The standard InChI is InChI=1S/C18H21FN2O/c1-14-5-4-8-18(20-14)21-11-9-16(10-12-21)22-13-15-6-2-3-7-17(15)19/h2-8,16H,9-13H2,1H3. The fraction of sp³-hybridized carbons (Fsp3) is 0.389. The van der Waals surface area contributed by atoms with Crippen molar-refractivity contribution in [1.82, 2.24) is 4.98 Å². The third-order valence-electron chi connectivity index (χ3n) is 4.07. The molecule has 0 saturated carbocycles. The van der Waals surface area contributed by atoms with Crippen LogP contribution in [0, 0.1) is 12.7 Å². The minimum absolute atomic E-state index is 0.191. The van der Waals surface area contributed by atoms with Crippen LogP contribution in [0.1, 0.15) is 24.1 Å². The van der Waals surface area contributed by atoms with Crippen LogP contribution in [0.5, 0.6) is 0 Å². The van der Waals surface area contributed by atoms with Gasteiger partial charge < -0.3 is 9.64 Å². The molecular formula is C18H21FN2O. The summed E-state index contributed by atoms with van der Waals surface area (Å²) in [5, 5.41) is 0. The number of ether oxygens (including phenoxy) is 1.